The fraction of sp³-hybridized carbons (Fsp3) is 0.467. The van der Waals surface area contributed by atoms with E-state index in [4.69, 9.17) is 16.3 Å². The molecule has 0 aromatic heterocycles. The van der Waals surface area contributed by atoms with Gasteiger partial charge in [0.15, 0.2) is 0 Å². The number of benzene rings is 1. The summed E-state index contributed by atoms with van der Waals surface area (Å²) < 4.78 is 5.70. The van der Waals surface area contributed by atoms with Crippen LogP contribution in [-0.2, 0) is 9.59 Å². The van der Waals surface area contributed by atoms with Crippen molar-refractivity contribution in [3.05, 3.63) is 23.2 Å². The van der Waals surface area contributed by atoms with Crippen LogP contribution >= 0.6 is 11.6 Å². The number of anilines is 1. The Hall–Kier alpha value is -1.79. The van der Waals surface area contributed by atoms with Crippen molar-refractivity contribution >= 4 is 29.1 Å². The number of nitrogens with zero attached hydrogens (tertiary/aromatic N) is 1. The molecular formula is C15H17ClN2O4. The third-order valence-electron chi connectivity index (χ3n) is 4.10. The topological polar surface area (TPSA) is 78.9 Å². The average Bonchev–Trinajstić information content (AvgIpc) is 2.49. The average molecular weight is 325 g/mol. The second-order valence-corrected chi connectivity index (χ2v) is 6.19. The summed E-state index contributed by atoms with van der Waals surface area (Å²) in [5.41, 5.74) is -1.15. The second kappa shape index (κ2) is 5.44. The Labute approximate surface area is 133 Å². The van der Waals surface area contributed by atoms with Crippen molar-refractivity contribution in [1.82, 2.24) is 4.90 Å². The number of nitrogens with one attached hydrogen (secondary N) is 1. The summed E-state index contributed by atoms with van der Waals surface area (Å²) >= 11 is 5.89. The highest BCUT2D eigenvalue weighted by Gasteiger charge is 2.49. The summed E-state index contributed by atoms with van der Waals surface area (Å²) in [6, 6.07) is 4.85. The summed E-state index contributed by atoms with van der Waals surface area (Å²) in [5.74, 6) is -0.493. The van der Waals surface area contributed by atoms with E-state index in [9.17, 15) is 14.7 Å². The molecule has 1 aromatic carbocycles. The second-order valence-electron chi connectivity index (χ2n) is 5.75. The van der Waals surface area contributed by atoms with Crippen LogP contribution in [0.1, 0.15) is 19.8 Å². The maximum atomic E-state index is 12.7. The first kappa shape index (κ1) is 15.1. The van der Waals surface area contributed by atoms with Crippen LogP contribution in [0, 0.1) is 0 Å². The van der Waals surface area contributed by atoms with Crippen LogP contribution in [-0.4, -0.2) is 46.6 Å². The van der Waals surface area contributed by atoms with Gasteiger partial charge in [-0.1, -0.05) is 11.6 Å². The maximum Gasteiger partial charge on any atom is 0.278 e. The molecule has 2 heterocycles. The van der Waals surface area contributed by atoms with Gasteiger partial charge in [0, 0.05) is 18.1 Å². The Balaban J connectivity index is 1.84. The van der Waals surface area contributed by atoms with Crippen LogP contribution < -0.4 is 10.1 Å². The minimum Gasteiger partial charge on any atom is -0.466 e. The Morgan fingerprint density at radius 3 is 2.82 bits per heavy atom. The number of aliphatic hydroxyl groups excluding tert-OH is 1. The monoisotopic (exact) mass is 324 g/mol. The molecule has 1 saturated heterocycles. The molecule has 0 bridgehead atoms. The van der Waals surface area contributed by atoms with Crippen molar-refractivity contribution in [3.8, 4) is 5.75 Å². The number of aliphatic hydroxyl groups is 1. The van der Waals surface area contributed by atoms with Crippen LogP contribution in [0.15, 0.2) is 18.2 Å². The number of carbonyl (C=O) groups excluding carboxylic acids is 2. The number of ether oxygens (including phenoxy) is 1. The minimum atomic E-state index is -1.61. The van der Waals surface area contributed by atoms with Crippen LogP contribution in [0.5, 0.6) is 5.75 Å². The van der Waals surface area contributed by atoms with E-state index in [-0.39, 0.29) is 6.10 Å². The van der Waals surface area contributed by atoms with Gasteiger partial charge in [-0.25, -0.2) is 0 Å². The molecule has 2 N–H and O–H groups in total. The van der Waals surface area contributed by atoms with Gasteiger partial charge in [0.05, 0.1) is 11.8 Å². The zero-order valence-electron chi connectivity index (χ0n) is 12.1. The molecule has 118 valence electrons. The third-order valence-corrected chi connectivity index (χ3v) is 4.33. The molecule has 2 amide bonds. The first-order valence-electron chi connectivity index (χ1n) is 7.17. The highest BCUT2D eigenvalue weighted by atomic mass is 35.5. The largest absolute Gasteiger partial charge is 0.466 e. The number of fused-ring (bicyclic) bond motifs is 1. The third kappa shape index (κ3) is 2.53. The van der Waals surface area contributed by atoms with Crippen molar-refractivity contribution in [2.24, 2.45) is 0 Å². The van der Waals surface area contributed by atoms with Crippen LogP contribution in [0.3, 0.4) is 0 Å². The van der Waals surface area contributed by atoms with E-state index in [1.54, 1.807) is 23.1 Å². The summed E-state index contributed by atoms with van der Waals surface area (Å²) in [4.78, 5) is 26.6. The van der Waals surface area contributed by atoms with Gasteiger partial charge in [-0.3, -0.25) is 9.59 Å². The van der Waals surface area contributed by atoms with Gasteiger partial charge in [-0.05, 0) is 38.0 Å². The van der Waals surface area contributed by atoms with Crippen LogP contribution in [0.2, 0.25) is 5.02 Å². The molecule has 2 aliphatic heterocycles. The molecule has 1 aromatic rings. The van der Waals surface area contributed by atoms with Gasteiger partial charge in [0.25, 0.3) is 17.4 Å². The van der Waals surface area contributed by atoms with Crippen molar-refractivity contribution in [1.29, 1.82) is 0 Å². The van der Waals surface area contributed by atoms with Gasteiger partial charge in [-0.2, -0.15) is 0 Å². The van der Waals surface area contributed by atoms with Crippen molar-refractivity contribution in [2.75, 3.05) is 18.4 Å². The molecule has 1 unspecified atom stereocenters. The number of likely N-dealkylation sites (tertiary alicyclic amines) is 1. The smallest absolute Gasteiger partial charge is 0.278 e. The first-order chi connectivity index (χ1) is 10.4. The number of hydrogen-bond donors (Lipinski definition) is 2. The molecule has 2 aliphatic rings. The van der Waals surface area contributed by atoms with E-state index in [1.165, 1.54) is 6.92 Å². The Morgan fingerprint density at radius 1 is 1.45 bits per heavy atom. The summed E-state index contributed by atoms with van der Waals surface area (Å²) in [7, 11) is 0. The van der Waals surface area contributed by atoms with E-state index in [1.807, 2.05) is 0 Å². The van der Waals surface area contributed by atoms with E-state index < -0.39 is 17.4 Å². The lowest BCUT2D eigenvalue weighted by Crippen LogP contribution is -2.60. The Morgan fingerprint density at radius 2 is 2.14 bits per heavy atom. The highest BCUT2D eigenvalue weighted by Crippen LogP contribution is 2.36. The summed E-state index contributed by atoms with van der Waals surface area (Å²) in [5, 5.41) is 12.7. The standard InChI is InChI=1S/C15H17ClN2O4/c1-15(14(21)18-6-4-10(19)5-7-18)13(20)17-11-8-9(16)2-3-12(11)22-15/h2-3,8,10,19H,4-7H2,1H3,(H,17,20). The molecule has 7 heteroatoms. The lowest BCUT2D eigenvalue weighted by molar-refractivity contribution is -0.156. The van der Waals surface area contributed by atoms with Gasteiger partial charge in [0.2, 0.25) is 0 Å². The number of hydrogen-bond acceptors (Lipinski definition) is 4. The predicted octanol–water partition coefficient (Wildman–Crippen LogP) is 1.41. The van der Waals surface area contributed by atoms with Crippen molar-refractivity contribution in [3.63, 3.8) is 0 Å². The summed E-state index contributed by atoms with van der Waals surface area (Å²) in [6.45, 7) is 2.30. The molecule has 0 saturated carbocycles. The maximum absolute atomic E-state index is 12.7. The predicted molar refractivity (Wildman–Crippen MR) is 80.9 cm³/mol. The first-order valence-corrected chi connectivity index (χ1v) is 7.55. The van der Waals surface area contributed by atoms with Crippen molar-refractivity contribution < 1.29 is 19.4 Å². The lowest BCUT2D eigenvalue weighted by atomic mass is 9.98. The number of halogens is 1. The van der Waals surface area contributed by atoms with E-state index in [0.29, 0.717) is 42.4 Å². The van der Waals surface area contributed by atoms with E-state index in [2.05, 4.69) is 5.32 Å². The van der Waals surface area contributed by atoms with Crippen LogP contribution in [0.25, 0.3) is 0 Å². The molecule has 6 nitrogen and oxygen atoms in total. The Kier molecular flexibility index (Phi) is 3.74. The zero-order valence-corrected chi connectivity index (χ0v) is 12.9. The number of carbonyl (C=O) groups is 2. The van der Waals surface area contributed by atoms with Gasteiger partial charge >= 0.3 is 0 Å². The number of rotatable bonds is 1. The normalized spacial score (nSPS) is 25.2. The van der Waals surface area contributed by atoms with Gasteiger partial charge in [-0.15, -0.1) is 0 Å². The fourth-order valence-corrected chi connectivity index (χ4v) is 2.88. The zero-order chi connectivity index (χ0) is 15.9. The summed E-state index contributed by atoms with van der Waals surface area (Å²) in [6.07, 6.45) is 0.631. The molecule has 0 radical (unpaired) electrons. The molecule has 0 aliphatic carbocycles. The number of piperidine rings is 1. The van der Waals surface area contributed by atoms with Gasteiger partial charge < -0.3 is 20.1 Å². The SMILES string of the molecule is CC1(C(=O)N2CCC(O)CC2)Oc2ccc(Cl)cc2NC1=O. The fourth-order valence-electron chi connectivity index (χ4n) is 2.71. The quantitative estimate of drug-likeness (QED) is 0.766. The molecule has 0 spiro atoms. The van der Waals surface area contributed by atoms with Gasteiger partial charge in [0.1, 0.15) is 5.75 Å². The van der Waals surface area contributed by atoms with E-state index in [0.717, 1.165) is 0 Å². The highest BCUT2D eigenvalue weighted by molar-refractivity contribution is 6.31. The number of amides is 2. The van der Waals surface area contributed by atoms with Crippen molar-refractivity contribution in [2.45, 2.75) is 31.5 Å². The van der Waals surface area contributed by atoms with Crippen LogP contribution in [0.4, 0.5) is 5.69 Å². The van der Waals surface area contributed by atoms with E-state index >= 15 is 0 Å². The molecular weight excluding hydrogens is 308 g/mol. The minimum absolute atomic E-state index is 0.388. The molecule has 1 fully saturated rings. The molecule has 3 rings (SSSR count). The Bertz CT molecular complexity index is 628. The lowest BCUT2D eigenvalue weighted by Gasteiger charge is -2.39. The molecule has 22 heavy (non-hydrogen) atoms. The molecule has 1 atom stereocenters.